The van der Waals surface area contributed by atoms with E-state index in [-0.39, 0.29) is 5.69 Å². The van der Waals surface area contributed by atoms with Crippen LogP contribution in [0.5, 0.6) is 0 Å². The Hall–Kier alpha value is -2.14. The van der Waals surface area contributed by atoms with Gasteiger partial charge in [0.2, 0.25) is 0 Å². The molecule has 2 N–H and O–H groups in total. The van der Waals surface area contributed by atoms with Crippen molar-refractivity contribution >= 4 is 5.97 Å². The van der Waals surface area contributed by atoms with Crippen molar-refractivity contribution in [1.82, 2.24) is 15.1 Å². The minimum atomic E-state index is -0.980. The largest absolute Gasteiger partial charge is 0.476 e. The van der Waals surface area contributed by atoms with E-state index < -0.39 is 5.97 Å². The zero-order valence-electron chi connectivity index (χ0n) is 13.4. The van der Waals surface area contributed by atoms with Crippen LogP contribution in [0.2, 0.25) is 0 Å². The number of carboxylic acids is 1. The zero-order chi connectivity index (χ0) is 16.2. The molecule has 0 saturated heterocycles. The van der Waals surface area contributed by atoms with Gasteiger partial charge in [-0.05, 0) is 42.9 Å². The standard InChI is InChI=1S/C18H23N3O2/c1-21-15(10-17(20-21)18(22)23)12-19-11-14-8-5-9-16(14)13-6-3-2-4-7-13/h2-4,6-7,10,14,16,19H,5,8-9,11-12H2,1H3,(H,22,23). The molecule has 23 heavy (non-hydrogen) atoms. The molecule has 1 aliphatic rings. The fourth-order valence-electron chi connectivity index (χ4n) is 3.58. The van der Waals surface area contributed by atoms with Gasteiger partial charge in [-0.25, -0.2) is 4.79 Å². The van der Waals surface area contributed by atoms with Gasteiger partial charge >= 0.3 is 5.97 Å². The van der Waals surface area contributed by atoms with Crippen LogP contribution in [0.4, 0.5) is 0 Å². The van der Waals surface area contributed by atoms with Crippen molar-refractivity contribution in [3.8, 4) is 0 Å². The summed E-state index contributed by atoms with van der Waals surface area (Å²) in [6.45, 7) is 1.60. The summed E-state index contributed by atoms with van der Waals surface area (Å²) in [5.74, 6) is 0.293. The molecule has 122 valence electrons. The van der Waals surface area contributed by atoms with Crippen molar-refractivity contribution < 1.29 is 9.90 Å². The Morgan fingerprint density at radius 2 is 2.13 bits per heavy atom. The second kappa shape index (κ2) is 6.96. The molecule has 1 aromatic carbocycles. The molecule has 1 saturated carbocycles. The molecule has 2 unspecified atom stereocenters. The Balaban J connectivity index is 1.57. The average molecular weight is 313 g/mol. The Bertz CT molecular complexity index is 666. The van der Waals surface area contributed by atoms with Gasteiger partial charge in [0.25, 0.3) is 0 Å². The Labute approximate surface area is 136 Å². The Kier molecular flexibility index (Phi) is 4.76. The molecule has 0 bridgehead atoms. The van der Waals surface area contributed by atoms with E-state index in [2.05, 4.69) is 40.7 Å². The van der Waals surface area contributed by atoms with Crippen molar-refractivity contribution in [2.45, 2.75) is 31.7 Å². The molecule has 1 heterocycles. The topological polar surface area (TPSA) is 67.2 Å². The van der Waals surface area contributed by atoms with Crippen LogP contribution < -0.4 is 5.32 Å². The first-order chi connectivity index (χ1) is 11.1. The minimum Gasteiger partial charge on any atom is -0.476 e. The van der Waals surface area contributed by atoms with E-state index in [0.29, 0.717) is 18.4 Å². The number of aryl methyl sites for hydroxylation is 1. The SMILES string of the molecule is Cn1nc(C(=O)O)cc1CNCC1CCCC1c1ccccc1. The molecule has 0 aliphatic heterocycles. The Morgan fingerprint density at radius 3 is 2.83 bits per heavy atom. The molecule has 0 spiro atoms. The van der Waals surface area contributed by atoms with Gasteiger partial charge in [-0.3, -0.25) is 4.68 Å². The third-order valence-corrected chi connectivity index (χ3v) is 4.80. The van der Waals surface area contributed by atoms with E-state index in [1.54, 1.807) is 17.8 Å². The van der Waals surface area contributed by atoms with Crippen LogP contribution in [-0.4, -0.2) is 27.4 Å². The highest BCUT2D eigenvalue weighted by molar-refractivity contribution is 5.85. The number of nitrogens with zero attached hydrogens (tertiary/aromatic N) is 2. The average Bonchev–Trinajstić information content (AvgIpc) is 3.16. The van der Waals surface area contributed by atoms with Crippen molar-refractivity contribution in [3.05, 3.63) is 53.3 Å². The number of hydrogen-bond donors (Lipinski definition) is 2. The lowest BCUT2D eigenvalue weighted by Gasteiger charge is -2.20. The van der Waals surface area contributed by atoms with Gasteiger partial charge in [0, 0.05) is 13.6 Å². The van der Waals surface area contributed by atoms with E-state index in [4.69, 9.17) is 5.11 Å². The van der Waals surface area contributed by atoms with E-state index in [0.717, 1.165) is 12.2 Å². The lowest BCUT2D eigenvalue weighted by Crippen LogP contribution is -2.25. The van der Waals surface area contributed by atoms with E-state index in [1.807, 2.05) is 0 Å². The van der Waals surface area contributed by atoms with Crippen LogP contribution >= 0.6 is 0 Å². The van der Waals surface area contributed by atoms with Gasteiger partial charge in [-0.15, -0.1) is 0 Å². The number of benzene rings is 1. The number of aromatic nitrogens is 2. The predicted molar refractivity (Wildman–Crippen MR) is 88.4 cm³/mol. The zero-order valence-corrected chi connectivity index (χ0v) is 13.4. The lowest BCUT2D eigenvalue weighted by molar-refractivity contribution is 0.0689. The van der Waals surface area contributed by atoms with Crippen LogP contribution in [0.15, 0.2) is 36.4 Å². The number of carboxylic acid groups (broad SMARTS) is 1. The van der Waals surface area contributed by atoms with Crippen LogP contribution in [0.3, 0.4) is 0 Å². The quantitative estimate of drug-likeness (QED) is 0.860. The molecule has 5 nitrogen and oxygen atoms in total. The maximum atomic E-state index is 11.0. The van der Waals surface area contributed by atoms with Crippen LogP contribution in [0.1, 0.15) is 46.9 Å². The summed E-state index contributed by atoms with van der Waals surface area (Å²) in [4.78, 5) is 11.0. The molecular weight excluding hydrogens is 290 g/mol. The second-order valence-electron chi connectivity index (χ2n) is 6.29. The highest BCUT2D eigenvalue weighted by atomic mass is 16.4. The van der Waals surface area contributed by atoms with Crippen LogP contribution in [0.25, 0.3) is 0 Å². The first kappa shape index (κ1) is 15.7. The molecule has 1 aliphatic carbocycles. The fourth-order valence-corrected chi connectivity index (χ4v) is 3.58. The number of nitrogens with one attached hydrogen (secondary N) is 1. The number of carbonyl (C=O) groups is 1. The molecule has 1 fully saturated rings. The van der Waals surface area contributed by atoms with Gasteiger partial charge in [0.05, 0.1) is 5.69 Å². The smallest absolute Gasteiger partial charge is 0.356 e. The van der Waals surface area contributed by atoms with E-state index in [1.165, 1.54) is 24.8 Å². The van der Waals surface area contributed by atoms with Crippen molar-refractivity contribution in [1.29, 1.82) is 0 Å². The Morgan fingerprint density at radius 1 is 1.35 bits per heavy atom. The molecule has 3 rings (SSSR count). The van der Waals surface area contributed by atoms with Crippen molar-refractivity contribution in [2.75, 3.05) is 6.54 Å². The van der Waals surface area contributed by atoms with Gasteiger partial charge < -0.3 is 10.4 Å². The molecule has 2 atom stereocenters. The number of rotatable bonds is 6. The van der Waals surface area contributed by atoms with Crippen molar-refractivity contribution in [2.24, 2.45) is 13.0 Å². The summed E-state index contributed by atoms with van der Waals surface area (Å²) in [6, 6.07) is 12.4. The highest BCUT2D eigenvalue weighted by Crippen LogP contribution is 2.39. The van der Waals surface area contributed by atoms with Gasteiger partial charge in [-0.2, -0.15) is 5.10 Å². The van der Waals surface area contributed by atoms with Crippen LogP contribution in [0, 0.1) is 5.92 Å². The molecule has 5 heteroatoms. The lowest BCUT2D eigenvalue weighted by atomic mass is 9.89. The van der Waals surface area contributed by atoms with Gasteiger partial charge in [0.1, 0.15) is 0 Å². The summed E-state index contributed by atoms with van der Waals surface area (Å²) in [5, 5.41) is 16.5. The summed E-state index contributed by atoms with van der Waals surface area (Å²) in [5.41, 5.74) is 2.44. The highest BCUT2D eigenvalue weighted by Gasteiger charge is 2.28. The van der Waals surface area contributed by atoms with E-state index in [9.17, 15) is 4.79 Å². The third-order valence-electron chi connectivity index (χ3n) is 4.80. The van der Waals surface area contributed by atoms with Gasteiger partial charge in [0.15, 0.2) is 5.69 Å². The first-order valence-electron chi connectivity index (χ1n) is 8.17. The molecule has 0 amide bonds. The minimum absolute atomic E-state index is 0.104. The maximum absolute atomic E-state index is 11.0. The first-order valence-corrected chi connectivity index (χ1v) is 8.17. The molecule has 2 aromatic rings. The second-order valence-corrected chi connectivity index (χ2v) is 6.29. The monoisotopic (exact) mass is 313 g/mol. The summed E-state index contributed by atoms with van der Waals surface area (Å²) in [6.07, 6.45) is 3.78. The summed E-state index contributed by atoms with van der Waals surface area (Å²) >= 11 is 0. The fraction of sp³-hybridized carbons (Fsp3) is 0.444. The van der Waals surface area contributed by atoms with Crippen LogP contribution in [-0.2, 0) is 13.6 Å². The number of hydrogen-bond acceptors (Lipinski definition) is 3. The molecule has 0 radical (unpaired) electrons. The summed E-state index contributed by atoms with van der Waals surface area (Å²) < 4.78 is 1.64. The molecule has 1 aromatic heterocycles. The molecular formula is C18H23N3O2. The van der Waals surface area contributed by atoms with E-state index >= 15 is 0 Å². The predicted octanol–water partition coefficient (Wildman–Crippen LogP) is 2.79. The summed E-state index contributed by atoms with van der Waals surface area (Å²) in [7, 11) is 1.78. The van der Waals surface area contributed by atoms with Gasteiger partial charge in [-0.1, -0.05) is 36.8 Å². The maximum Gasteiger partial charge on any atom is 0.356 e. The third kappa shape index (κ3) is 3.62. The normalized spacial score (nSPS) is 20.7. The van der Waals surface area contributed by atoms with Crippen molar-refractivity contribution in [3.63, 3.8) is 0 Å². The number of aromatic carboxylic acids is 1.